The van der Waals surface area contributed by atoms with Gasteiger partial charge in [0, 0.05) is 12.2 Å². The van der Waals surface area contributed by atoms with Crippen molar-refractivity contribution >= 4 is 5.97 Å². The molecule has 1 unspecified atom stereocenters. The van der Waals surface area contributed by atoms with E-state index in [4.69, 9.17) is 5.11 Å². The number of carboxylic acid groups (broad SMARTS) is 1. The van der Waals surface area contributed by atoms with E-state index in [0.29, 0.717) is 0 Å². The van der Waals surface area contributed by atoms with Gasteiger partial charge in [-0.2, -0.15) is 5.10 Å². The number of carbonyl (C=O) groups is 1. The van der Waals surface area contributed by atoms with Crippen molar-refractivity contribution in [2.24, 2.45) is 0 Å². The Morgan fingerprint density at radius 1 is 1.92 bits per heavy atom. The number of hydrogen-bond acceptors (Lipinski definition) is 3. The van der Waals surface area contributed by atoms with Gasteiger partial charge in [0.2, 0.25) is 0 Å². The van der Waals surface area contributed by atoms with E-state index in [1.165, 1.54) is 0 Å². The second kappa shape index (κ2) is 3.87. The maximum atomic E-state index is 10.2. The average molecular weight is 169 g/mol. The van der Waals surface area contributed by atoms with Crippen LogP contribution < -0.4 is 5.32 Å². The van der Waals surface area contributed by atoms with Crippen LogP contribution in [0.25, 0.3) is 0 Å². The summed E-state index contributed by atoms with van der Waals surface area (Å²) in [6.45, 7) is 1.83. The van der Waals surface area contributed by atoms with Gasteiger partial charge in [-0.05, 0) is 13.0 Å². The molecule has 0 spiro atoms. The fourth-order valence-corrected chi connectivity index (χ4v) is 0.858. The first-order valence-electron chi connectivity index (χ1n) is 3.64. The highest BCUT2D eigenvalue weighted by molar-refractivity contribution is 5.69. The average Bonchev–Trinajstić information content (AvgIpc) is 2.51. The van der Waals surface area contributed by atoms with Gasteiger partial charge < -0.3 is 5.11 Å². The van der Waals surface area contributed by atoms with Gasteiger partial charge >= 0.3 is 5.97 Å². The van der Waals surface area contributed by atoms with E-state index >= 15 is 0 Å². The third-order valence-electron chi connectivity index (χ3n) is 1.55. The Morgan fingerprint density at radius 2 is 2.67 bits per heavy atom. The molecular formula is C7H11N3O2. The minimum Gasteiger partial charge on any atom is -0.480 e. The maximum absolute atomic E-state index is 10.2. The Morgan fingerprint density at radius 3 is 3.17 bits per heavy atom. The Balaban J connectivity index is 2.39. The van der Waals surface area contributed by atoms with Crippen molar-refractivity contribution in [1.29, 1.82) is 0 Å². The van der Waals surface area contributed by atoms with Crippen LogP contribution in [0.2, 0.25) is 0 Å². The number of rotatable bonds is 4. The molecule has 5 nitrogen and oxygen atoms in total. The van der Waals surface area contributed by atoms with Gasteiger partial charge in [-0.15, -0.1) is 0 Å². The lowest BCUT2D eigenvalue weighted by Crippen LogP contribution is -2.25. The second-order valence-electron chi connectivity index (χ2n) is 2.51. The van der Waals surface area contributed by atoms with Crippen LogP contribution in [0.4, 0.5) is 0 Å². The van der Waals surface area contributed by atoms with E-state index in [0.717, 1.165) is 5.69 Å². The SMILES string of the molecule is CC(NCC(=O)O)c1ccn[nH]1. The van der Waals surface area contributed by atoms with Gasteiger partial charge in [0.1, 0.15) is 0 Å². The molecular weight excluding hydrogens is 158 g/mol. The fraction of sp³-hybridized carbons (Fsp3) is 0.429. The molecule has 0 saturated carbocycles. The van der Waals surface area contributed by atoms with Crippen LogP contribution in [0.15, 0.2) is 12.3 Å². The predicted molar refractivity (Wildman–Crippen MR) is 42.6 cm³/mol. The number of aliphatic carboxylic acids is 1. The van der Waals surface area contributed by atoms with E-state index in [9.17, 15) is 4.79 Å². The molecule has 3 N–H and O–H groups in total. The number of aromatic nitrogens is 2. The quantitative estimate of drug-likeness (QED) is 0.599. The highest BCUT2D eigenvalue weighted by Crippen LogP contribution is 2.05. The molecule has 1 atom stereocenters. The van der Waals surface area contributed by atoms with Crippen LogP contribution in [0.5, 0.6) is 0 Å². The number of nitrogens with one attached hydrogen (secondary N) is 2. The lowest BCUT2D eigenvalue weighted by atomic mass is 10.2. The van der Waals surface area contributed by atoms with Crippen molar-refractivity contribution in [2.45, 2.75) is 13.0 Å². The zero-order chi connectivity index (χ0) is 8.97. The van der Waals surface area contributed by atoms with Crippen molar-refractivity contribution < 1.29 is 9.90 Å². The first-order valence-corrected chi connectivity index (χ1v) is 3.64. The van der Waals surface area contributed by atoms with Gasteiger partial charge in [-0.1, -0.05) is 0 Å². The van der Waals surface area contributed by atoms with Crippen molar-refractivity contribution in [3.63, 3.8) is 0 Å². The van der Waals surface area contributed by atoms with E-state index in [1.807, 2.05) is 6.92 Å². The molecule has 0 aliphatic heterocycles. The van der Waals surface area contributed by atoms with Crippen LogP contribution >= 0.6 is 0 Å². The number of nitrogens with zero attached hydrogens (tertiary/aromatic N) is 1. The first-order chi connectivity index (χ1) is 5.70. The van der Waals surface area contributed by atoms with Crippen molar-refractivity contribution in [2.75, 3.05) is 6.54 Å². The molecule has 0 radical (unpaired) electrons. The van der Waals surface area contributed by atoms with E-state index < -0.39 is 5.97 Å². The molecule has 0 bridgehead atoms. The summed E-state index contributed by atoms with van der Waals surface area (Å²) in [4.78, 5) is 10.2. The Labute approximate surface area is 69.8 Å². The topological polar surface area (TPSA) is 78.0 Å². The molecule has 0 aliphatic rings. The molecule has 0 amide bonds. The Bertz CT molecular complexity index is 245. The largest absolute Gasteiger partial charge is 0.480 e. The molecule has 1 aromatic heterocycles. The van der Waals surface area contributed by atoms with E-state index in [-0.39, 0.29) is 12.6 Å². The molecule has 1 aromatic rings. The standard InChI is InChI=1S/C7H11N3O2/c1-5(8-4-7(11)12)6-2-3-9-10-6/h2-3,5,8H,4H2,1H3,(H,9,10)(H,11,12). The Kier molecular flexibility index (Phi) is 2.82. The molecule has 0 fully saturated rings. The van der Waals surface area contributed by atoms with Crippen LogP contribution in [-0.2, 0) is 4.79 Å². The van der Waals surface area contributed by atoms with Crippen LogP contribution in [0, 0.1) is 0 Å². The summed E-state index contributed by atoms with van der Waals surface area (Å²) in [6.07, 6.45) is 1.63. The summed E-state index contributed by atoms with van der Waals surface area (Å²) in [7, 11) is 0. The molecule has 12 heavy (non-hydrogen) atoms. The van der Waals surface area contributed by atoms with Gasteiger partial charge in [-0.25, -0.2) is 0 Å². The van der Waals surface area contributed by atoms with Crippen LogP contribution in [-0.4, -0.2) is 27.8 Å². The molecule has 5 heteroatoms. The van der Waals surface area contributed by atoms with Crippen LogP contribution in [0.3, 0.4) is 0 Å². The van der Waals surface area contributed by atoms with Crippen LogP contribution in [0.1, 0.15) is 18.7 Å². The summed E-state index contributed by atoms with van der Waals surface area (Å²) >= 11 is 0. The van der Waals surface area contributed by atoms with Gasteiger partial charge in [0.25, 0.3) is 0 Å². The number of carboxylic acids is 1. The minimum absolute atomic E-state index is 0.0106. The van der Waals surface area contributed by atoms with E-state index in [1.54, 1.807) is 12.3 Å². The van der Waals surface area contributed by atoms with Crippen molar-refractivity contribution in [3.05, 3.63) is 18.0 Å². The molecule has 66 valence electrons. The zero-order valence-corrected chi connectivity index (χ0v) is 6.74. The zero-order valence-electron chi connectivity index (χ0n) is 6.74. The molecule has 1 rings (SSSR count). The third kappa shape index (κ3) is 2.35. The normalized spacial score (nSPS) is 12.8. The van der Waals surface area contributed by atoms with E-state index in [2.05, 4.69) is 15.5 Å². The third-order valence-corrected chi connectivity index (χ3v) is 1.55. The van der Waals surface area contributed by atoms with Gasteiger partial charge in [-0.3, -0.25) is 15.2 Å². The Hall–Kier alpha value is -1.36. The highest BCUT2D eigenvalue weighted by atomic mass is 16.4. The lowest BCUT2D eigenvalue weighted by molar-refractivity contribution is -0.136. The smallest absolute Gasteiger partial charge is 0.317 e. The number of hydrogen-bond donors (Lipinski definition) is 3. The predicted octanol–water partition coefficient (Wildman–Crippen LogP) is 0.145. The number of aromatic amines is 1. The molecule has 1 heterocycles. The summed E-state index contributed by atoms with van der Waals surface area (Å²) in [5, 5.41) is 17.7. The molecule has 0 aliphatic carbocycles. The summed E-state index contributed by atoms with van der Waals surface area (Å²) < 4.78 is 0. The summed E-state index contributed by atoms with van der Waals surface area (Å²) in [5.41, 5.74) is 0.885. The summed E-state index contributed by atoms with van der Waals surface area (Å²) in [6, 6.07) is 1.79. The van der Waals surface area contributed by atoms with Gasteiger partial charge in [0.15, 0.2) is 0 Å². The fourth-order valence-electron chi connectivity index (χ4n) is 0.858. The molecule has 0 saturated heterocycles. The van der Waals surface area contributed by atoms with Crippen molar-refractivity contribution in [1.82, 2.24) is 15.5 Å². The highest BCUT2D eigenvalue weighted by Gasteiger charge is 2.06. The first kappa shape index (κ1) is 8.73. The molecule has 0 aromatic carbocycles. The summed E-state index contributed by atoms with van der Waals surface area (Å²) in [5.74, 6) is -0.860. The number of H-pyrrole nitrogens is 1. The van der Waals surface area contributed by atoms with Crippen molar-refractivity contribution in [3.8, 4) is 0 Å². The van der Waals surface area contributed by atoms with Gasteiger partial charge in [0.05, 0.1) is 12.2 Å². The minimum atomic E-state index is -0.860. The lowest BCUT2D eigenvalue weighted by Gasteiger charge is -2.08. The monoisotopic (exact) mass is 169 g/mol. The second-order valence-corrected chi connectivity index (χ2v) is 2.51. The maximum Gasteiger partial charge on any atom is 0.317 e.